The number of methoxy groups -OCH3 is 1. The largest absolute Gasteiger partial charge is 0.383 e. The molecule has 0 aliphatic carbocycles. The lowest BCUT2D eigenvalue weighted by Gasteiger charge is -2.24. The Balaban J connectivity index is 2.06. The highest BCUT2D eigenvalue weighted by Crippen LogP contribution is 2.17. The van der Waals surface area contributed by atoms with Gasteiger partial charge in [-0.25, -0.2) is 0 Å². The summed E-state index contributed by atoms with van der Waals surface area (Å²) >= 11 is 0. The Kier molecular flexibility index (Phi) is 8.67. The van der Waals surface area contributed by atoms with Crippen LogP contribution in [0.15, 0.2) is 0 Å². The summed E-state index contributed by atoms with van der Waals surface area (Å²) in [4.78, 5) is 2.68. The number of likely N-dealkylation sites (tertiary alicyclic amines) is 1. The molecule has 1 saturated heterocycles. The van der Waals surface area contributed by atoms with Crippen LogP contribution in [0.1, 0.15) is 45.4 Å². The van der Waals surface area contributed by atoms with Gasteiger partial charge in [0.15, 0.2) is 0 Å². The van der Waals surface area contributed by atoms with Crippen molar-refractivity contribution in [3.05, 3.63) is 0 Å². The van der Waals surface area contributed by atoms with E-state index in [4.69, 9.17) is 4.74 Å². The first kappa shape index (κ1) is 14.9. The molecule has 102 valence electrons. The van der Waals surface area contributed by atoms with Crippen LogP contribution in [0.2, 0.25) is 0 Å². The molecule has 1 rings (SSSR count). The van der Waals surface area contributed by atoms with Gasteiger partial charge >= 0.3 is 0 Å². The van der Waals surface area contributed by atoms with E-state index in [9.17, 15) is 0 Å². The van der Waals surface area contributed by atoms with Crippen molar-refractivity contribution in [3.8, 4) is 0 Å². The molecule has 3 nitrogen and oxygen atoms in total. The van der Waals surface area contributed by atoms with Crippen molar-refractivity contribution in [2.75, 3.05) is 39.9 Å². The van der Waals surface area contributed by atoms with E-state index in [1.165, 1.54) is 51.6 Å². The summed E-state index contributed by atoms with van der Waals surface area (Å²) in [6.45, 7) is 7.83. The van der Waals surface area contributed by atoms with E-state index >= 15 is 0 Å². The maximum atomic E-state index is 5.05. The van der Waals surface area contributed by atoms with Crippen LogP contribution in [0.4, 0.5) is 0 Å². The van der Waals surface area contributed by atoms with Crippen LogP contribution in [0.5, 0.6) is 0 Å². The summed E-state index contributed by atoms with van der Waals surface area (Å²) in [5, 5.41) is 3.49. The van der Waals surface area contributed by atoms with E-state index in [0.717, 1.165) is 25.7 Å². The average Bonchev–Trinajstić information content (AvgIpc) is 2.78. The average molecular weight is 242 g/mol. The number of nitrogens with zero attached hydrogens (tertiary/aromatic N) is 1. The first-order valence-electron chi connectivity index (χ1n) is 7.32. The molecular weight excluding hydrogens is 212 g/mol. The Hall–Kier alpha value is -0.120. The quantitative estimate of drug-likeness (QED) is 0.595. The lowest BCUT2D eigenvalue weighted by atomic mass is 10.2. The third-order valence-electron chi connectivity index (χ3n) is 3.66. The van der Waals surface area contributed by atoms with Crippen LogP contribution >= 0.6 is 0 Å². The summed E-state index contributed by atoms with van der Waals surface area (Å²) in [6, 6.07) is 0.772. The van der Waals surface area contributed by atoms with Crippen molar-refractivity contribution >= 4 is 0 Å². The molecule has 0 saturated carbocycles. The normalized spacial score (nSPS) is 21.2. The fourth-order valence-electron chi connectivity index (χ4n) is 2.61. The van der Waals surface area contributed by atoms with Crippen molar-refractivity contribution in [2.24, 2.45) is 0 Å². The Morgan fingerprint density at radius 2 is 2.18 bits per heavy atom. The second-order valence-electron chi connectivity index (χ2n) is 5.09. The van der Waals surface area contributed by atoms with Crippen LogP contribution in [-0.2, 0) is 4.74 Å². The SMILES string of the molecule is CCCCCCN1CCCC1CNCCOC. The molecule has 1 aliphatic rings. The van der Waals surface area contributed by atoms with Crippen LogP contribution in [0.3, 0.4) is 0 Å². The van der Waals surface area contributed by atoms with Crippen LogP contribution in [-0.4, -0.2) is 50.8 Å². The molecule has 1 heterocycles. The number of nitrogens with one attached hydrogen (secondary N) is 1. The lowest BCUT2D eigenvalue weighted by Crippen LogP contribution is -2.39. The van der Waals surface area contributed by atoms with Gasteiger partial charge in [0, 0.05) is 26.2 Å². The van der Waals surface area contributed by atoms with Crippen molar-refractivity contribution in [2.45, 2.75) is 51.5 Å². The van der Waals surface area contributed by atoms with Gasteiger partial charge in [0.25, 0.3) is 0 Å². The van der Waals surface area contributed by atoms with Gasteiger partial charge in [0.2, 0.25) is 0 Å². The number of hydrogen-bond donors (Lipinski definition) is 1. The summed E-state index contributed by atoms with van der Waals surface area (Å²) < 4.78 is 5.05. The van der Waals surface area contributed by atoms with Gasteiger partial charge in [0.05, 0.1) is 6.61 Å². The van der Waals surface area contributed by atoms with Crippen LogP contribution in [0, 0.1) is 0 Å². The molecule has 17 heavy (non-hydrogen) atoms. The molecule has 1 atom stereocenters. The molecule has 0 spiro atoms. The van der Waals surface area contributed by atoms with E-state index < -0.39 is 0 Å². The highest BCUT2D eigenvalue weighted by molar-refractivity contribution is 4.80. The molecule has 1 fully saturated rings. The van der Waals surface area contributed by atoms with Gasteiger partial charge in [-0.2, -0.15) is 0 Å². The zero-order chi connectivity index (χ0) is 12.3. The Morgan fingerprint density at radius 3 is 2.94 bits per heavy atom. The Bertz CT molecular complexity index is 158. The minimum absolute atomic E-state index is 0.772. The first-order chi connectivity index (χ1) is 8.38. The lowest BCUT2D eigenvalue weighted by molar-refractivity contribution is 0.191. The Labute approximate surface area is 107 Å². The predicted molar refractivity (Wildman–Crippen MR) is 73.5 cm³/mol. The standard InChI is InChI=1S/C14H30N2O/c1-3-4-5-6-10-16-11-7-8-14(16)13-15-9-12-17-2/h14-15H,3-13H2,1-2H3. The van der Waals surface area contributed by atoms with E-state index in [2.05, 4.69) is 17.1 Å². The fraction of sp³-hybridized carbons (Fsp3) is 1.00. The number of hydrogen-bond acceptors (Lipinski definition) is 3. The van der Waals surface area contributed by atoms with Crippen molar-refractivity contribution in [3.63, 3.8) is 0 Å². The molecule has 0 aromatic carbocycles. The van der Waals surface area contributed by atoms with E-state index in [-0.39, 0.29) is 0 Å². The summed E-state index contributed by atoms with van der Waals surface area (Å²) in [6.07, 6.45) is 8.25. The molecule has 3 heteroatoms. The van der Waals surface area contributed by atoms with Gasteiger partial charge in [-0.15, -0.1) is 0 Å². The molecule has 1 unspecified atom stereocenters. The fourth-order valence-corrected chi connectivity index (χ4v) is 2.61. The Morgan fingerprint density at radius 1 is 1.29 bits per heavy atom. The molecular formula is C14H30N2O. The monoisotopic (exact) mass is 242 g/mol. The predicted octanol–water partition coefficient (Wildman–Crippen LogP) is 2.27. The molecule has 0 bridgehead atoms. The summed E-state index contributed by atoms with van der Waals surface area (Å²) in [7, 11) is 1.76. The summed E-state index contributed by atoms with van der Waals surface area (Å²) in [5.41, 5.74) is 0. The minimum atomic E-state index is 0.772. The van der Waals surface area contributed by atoms with Crippen LogP contribution in [0.25, 0.3) is 0 Å². The van der Waals surface area contributed by atoms with Crippen molar-refractivity contribution in [1.82, 2.24) is 10.2 Å². The molecule has 0 radical (unpaired) electrons. The molecule has 0 aromatic heterocycles. The zero-order valence-corrected chi connectivity index (χ0v) is 11.7. The van der Waals surface area contributed by atoms with Gasteiger partial charge in [-0.05, 0) is 32.4 Å². The van der Waals surface area contributed by atoms with Gasteiger partial charge < -0.3 is 10.1 Å². The van der Waals surface area contributed by atoms with Gasteiger partial charge in [-0.3, -0.25) is 4.90 Å². The third kappa shape index (κ3) is 6.39. The second-order valence-corrected chi connectivity index (χ2v) is 5.09. The van der Waals surface area contributed by atoms with Crippen LogP contribution < -0.4 is 5.32 Å². The molecule has 1 aliphatic heterocycles. The van der Waals surface area contributed by atoms with Gasteiger partial charge in [0.1, 0.15) is 0 Å². The number of unbranched alkanes of at least 4 members (excludes halogenated alkanes) is 3. The summed E-state index contributed by atoms with van der Waals surface area (Å²) in [5.74, 6) is 0. The number of ether oxygens (including phenoxy) is 1. The van der Waals surface area contributed by atoms with E-state index in [0.29, 0.717) is 0 Å². The van der Waals surface area contributed by atoms with E-state index in [1.807, 2.05) is 0 Å². The maximum Gasteiger partial charge on any atom is 0.0587 e. The molecule has 0 amide bonds. The maximum absolute atomic E-state index is 5.05. The smallest absolute Gasteiger partial charge is 0.0587 e. The zero-order valence-electron chi connectivity index (χ0n) is 11.7. The molecule has 1 N–H and O–H groups in total. The topological polar surface area (TPSA) is 24.5 Å². The first-order valence-corrected chi connectivity index (χ1v) is 7.32. The van der Waals surface area contributed by atoms with E-state index in [1.54, 1.807) is 7.11 Å². The minimum Gasteiger partial charge on any atom is -0.383 e. The number of rotatable bonds is 10. The highest BCUT2D eigenvalue weighted by Gasteiger charge is 2.22. The van der Waals surface area contributed by atoms with Crippen molar-refractivity contribution < 1.29 is 4.74 Å². The van der Waals surface area contributed by atoms with Gasteiger partial charge in [-0.1, -0.05) is 26.2 Å². The highest BCUT2D eigenvalue weighted by atomic mass is 16.5. The molecule has 0 aromatic rings. The van der Waals surface area contributed by atoms with Crippen molar-refractivity contribution in [1.29, 1.82) is 0 Å². The third-order valence-corrected chi connectivity index (χ3v) is 3.66. The second kappa shape index (κ2) is 9.86.